The van der Waals surface area contributed by atoms with Crippen molar-refractivity contribution in [3.63, 3.8) is 0 Å². The number of aliphatic hydroxyl groups excluding tert-OH is 1. The van der Waals surface area contributed by atoms with E-state index in [0.717, 1.165) is 4.90 Å². The Balaban J connectivity index is 2.99. The van der Waals surface area contributed by atoms with Gasteiger partial charge < -0.3 is 15.2 Å². The van der Waals surface area contributed by atoms with E-state index >= 15 is 0 Å². The fourth-order valence-corrected chi connectivity index (χ4v) is 2.31. The van der Waals surface area contributed by atoms with Crippen LogP contribution in [-0.4, -0.2) is 53.2 Å². The van der Waals surface area contributed by atoms with E-state index in [4.69, 9.17) is 9.84 Å². The topological polar surface area (TPSA) is 95.9 Å². The first kappa shape index (κ1) is 15.4. The van der Waals surface area contributed by atoms with E-state index in [9.17, 15) is 14.4 Å². The van der Waals surface area contributed by atoms with Gasteiger partial charge in [0.1, 0.15) is 5.54 Å². The van der Waals surface area contributed by atoms with Crippen LogP contribution >= 0.6 is 0 Å². The summed E-state index contributed by atoms with van der Waals surface area (Å²) < 4.78 is 4.94. The number of nitrogens with zero attached hydrogens (tertiary/aromatic N) is 1. The zero-order valence-corrected chi connectivity index (χ0v) is 11.4. The van der Waals surface area contributed by atoms with Gasteiger partial charge in [0.25, 0.3) is 5.91 Å². The summed E-state index contributed by atoms with van der Waals surface area (Å²) in [6, 6.07) is -0.593. The SMILES string of the molecule is CCOC(=O)C(CC)C1(C)NC(=O)N(CCO)C1=O. The van der Waals surface area contributed by atoms with Crippen LogP contribution in [0.2, 0.25) is 0 Å². The van der Waals surface area contributed by atoms with Gasteiger partial charge in [-0.15, -0.1) is 0 Å². The Kier molecular flexibility index (Phi) is 4.88. The molecule has 2 atom stereocenters. The lowest BCUT2D eigenvalue weighted by Gasteiger charge is -2.29. The maximum Gasteiger partial charge on any atom is 0.325 e. The second kappa shape index (κ2) is 6.01. The molecule has 0 aromatic carbocycles. The first-order chi connectivity index (χ1) is 8.92. The number of imide groups is 1. The smallest absolute Gasteiger partial charge is 0.325 e. The zero-order chi connectivity index (χ0) is 14.6. The van der Waals surface area contributed by atoms with Crippen LogP contribution in [0.1, 0.15) is 27.2 Å². The van der Waals surface area contributed by atoms with E-state index in [2.05, 4.69) is 5.32 Å². The first-order valence-corrected chi connectivity index (χ1v) is 6.33. The third-order valence-electron chi connectivity index (χ3n) is 3.30. The number of urea groups is 1. The summed E-state index contributed by atoms with van der Waals surface area (Å²) in [5.41, 5.74) is -1.31. The number of rotatable bonds is 6. The molecule has 0 bridgehead atoms. The van der Waals surface area contributed by atoms with Gasteiger partial charge in [0.15, 0.2) is 0 Å². The molecule has 19 heavy (non-hydrogen) atoms. The maximum absolute atomic E-state index is 12.3. The van der Waals surface area contributed by atoms with Crippen molar-refractivity contribution < 1.29 is 24.2 Å². The Morgan fingerprint density at radius 3 is 2.58 bits per heavy atom. The van der Waals surface area contributed by atoms with E-state index in [0.29, 0.717) is 6.42 Å². The predicted molar refractivity (Wildman–Crippen MR) is 66.1 cm³/mol. The first-order valence-electron chi connectivity index (χ1n) is 6.33. The van der Waals surface area contributed by atoms with Crippen molar-refractivity contribution in [1.29, 1.82) is 0 Å². The predicted octanol–water partition coefficient (Wildman–Crippen LogP) is -0.121. The van der Waals surface area contributed by atoms with E-state index < -0.39 is 29.4 Å². The number of hydrogen-bond acceptors (Lipinski definition) is 5. The van der Waals surface area contributed by atoms with Gasteiger partial charge in [0.05, 0.1) is 25.7 Å². The van der Waals surface area contributed by atoms with Crippen molar-refractivity contribution >= 4 is 17.9 Å². The Bertz CT molecular complexity index is 384. The van der Waals surface area contributed by atoms with Crippen LogP contribution in [0.4, 0.5) is 4.79 Å². The molecule has 1 aliphatic heterocycles. The molecule has 1 saturated heterocycles. The summed E-state index contributed by atoms with van der Waals surface area (Å²) >= 11 is 0. The minimum Gasteiger partial charge on any atom is -0.466 e. The number of hydrogen-bond donors (Lipinski definition) is 2. The molecule has 1 heterocycles. The number of aliphatic hydroxyl groups is 1. The standard InChI is InChI=1S/C12H20N2O5/c1-4-8(9(16)19-5-2)12(3)10(17)14(6-7-15)11(18)13-12/h8,15H,4-7H2,1-3H3,(H,13,18). The number of esters is 1. The molecule has 7 nitrogen and oxygen atoms in total. The normalized spacial score (nSPS) is 24.3. The van der Waals surface area contributed by atoms with Crippen LogP contribution in [0, 0.1) is 5.92 Å². The molecule has 3 amide bonds. The summed E-state index contributed by atoms with van der Waals surface area (Å²) in [5, 5.41) is 11.4. The average Bonchev–Trinajstić information content (AvgIpc) is 2.55. The molecule has 0 aromatic rings. The summed E-state index contributed by atoms with van der Waals surface area (Å²) in [6.07, 6.45) is 0.369. The molecule has 108 valence electrons. The highest BCUT2D eigenvalue weighted by Gasteiger charge is 2.54. The highest BCUT2D eigenvalue weighted by molar-refractivity contribution is 6.08. The maximum atomic E-state index is 12.3. The molecule has 0 saturated carbocycles. The molecule has 0 aliphatic carbocycles. The quantitative estimate of drug-likeness (QED) is 0.519. The fraction of sp³-hybridized carbons (Fsp3) is 0.750. The van der Waals surface area contributed by atoms with Gasteiger partial charge in [0, 0.05) is 0 Å². The van der Waals surface area contributed by atoms with Gasteiger partial charge in [-0.1, -0.05) is 6.92 Å². The Morgan fingerprint density at radius 1 is 1.47 bits per heavy atom. The van der Waals surface area contributed by atoms with Crippen molar-refractivity contribution in [3.8, 4) is 0 Å². The monoisotopic (exact) mass is 272 g/mol. The van der Waals surface area contributed by atoms with Crippen molar-refractivity contribution in [1.82, 2.24) is 10.2 Å². The van der Waals surface area contributed by atoms with Crippen LogP contribution in [0.5, 0.6) is 0 Å². The lowest BCUT2D eigenvalue weighted by molar-refractivity contribution is -0.154. The fourth-order valence-electron chi connectivity index (χ4n) is 2.31. The molecule has 0 radical (unpaired) electrons. The summed E-state index contributed by atoms with van der Waals surface area (Å²) in [6.45, 7) is 4.76. The number of carbonyl (C=O) groups is 3. The number of amides is 3. The number of nitrogens with one attached hydrogen (secondary N) is 1. The molecule has 7 heteroatoms. The van der Waals surface area contributed by atoms with E-state index in [1.54, 1.807) is 13.8 Å². The zero-order valence-electron chi connectivity index (χ0n) is 11.4. The minimum absolute atomic E-state index is 0.0838. The Hall–Kier alpha value is -1.63. The molecule has 1 fully saturated rings. The largest absolute Gasteiger partial charge is 0.466 e. The summed E-state index contributed by atoms with van der Waals surface area (Å²) in [7, 11) is 0. The van der Waals surface area contributed by atoms with Gasteiger partial charge in [-0.05, 0) is 20.3 Å². The van der Waals surface area contributed by atoms with Crippen LogP contribution in [0.15, 0.2) is 0 Å². The van der Waals surface area contributed by atoms with Gasteiger partial charge in [-0.2, -0.15) is 0 Å². The van der Waals surface area contributed by atoms with E-state index in [1.807, 2.05) is 0 Å². The summed E-state index contributed by atoms with van der Waals surface area (Å²) in [4.78, 5) is 36.8. The van der Waals surface area contributed by atoms with Crippen molar-refractivity contribution in [2.45, 2.75) is 32.7 Å². The molecule has 0 aromatic heterocycles. The second-order valence-corrected chi connectivity index (χ2v) is 4.53. The summed E-state index contributed by atoms with van der Waals surface area (Å²) in [5.74, 6) is -1.76. The molecule has 1 rings (SSSR count). The third-order valence-corrected chi connectivity index (χ3v) is 3.30. The lowest BCUT2D eigenvalue weighted by Crippen LogP contribution is -2.53. The highest BCUT2D eigenvalue weighted by Crippen LogP contribution is 2.29. The van der Waals surface area contributed by atoms with Crippen LogP contribution in [0.3, 0.4) is 0 Å². The van der Waals surface area contributed by atoms with E-state index in [1.165, 1.54) is 6.92 Å². The number of ether oxygens (including phenoxy) is 1. The van der Waals surface area contributed by atoms with Gasteiger partial charge in [-0.25, -0.2) is 4.79 Å². The van der Waals surface area contributed by atoms with E-state index in [-0.39, 0.29) is 19.8 Å². The molecular formula is C12H20N2O5. The van der Waals surface area contributed by atoms with Gasteiger partial charge >= 0.3 is 12.0 Å². The van der Waals surface area contributed by atoms with Crippen molar-refractivity contribution in [3.05, 3.63) is 0 Å². The molecular weight excluding hydrogens is 252 g/mol. The van der Waals surface area contributed by atoms with Crippen molar-refractivity contribution in [2.24, 2.45) is 5.92 Å². The number of β-amino-alcohol motifs (C(OH)–C–C–N with tert-alkyl or cyclic N) is 1. The van der Waals surface area contributed by atoms with Gasteiger partial charge in [0.2, 0.25) is 0 Å². The van der Waals surface area contributed by atoms with Crippen LogP contribution in [-0.2, 0) is 14.3 Å². The van der Waals surface area contributed by atoms with Gasteiger partial charge in [-0.3, -0.25) is 14.5 Å². The molecule has 1 aliphatic rings. The Labute approximate surface area is 111 Å². The third kappa shape index (κ3) is 2.70. The molecule has 0 spiro atoms. The van der Waals surface area contributed by atoms with Crippen LogP contribution in [0.25, 0.3) is 0 Å². The lowest BCUT2D eigenvalue weighted by atomic mass is 9.83. The average molecular weight is 272 g/mol. The highest BCUT2D eigenvalue weighted by atomic mass is 16.5. The second-order valence-electron chi connectivity index (χ2n) is 4.53. The minimum atomic E-state index is -1.31. The molecule has 2 N–H and O–H groups in total. The molecule has 2 unspecified atom stereocenters. The van der Waals surface area contributed by atoms with Crippen LogP contribution < -0.4 is 5.32 Å². The number of carbonyl (C=O) groups excluding carboxylic acids is 3. The Morgan fingerprint density at radius 2 is 2.11 bits per heavy atom. The van der Waals surface area contributed by atoms with Crippen molar-refractivity contribution in [2.75, 3.05) is 19.8 Å².